The third-order valence-corrected chi connectivity index (χ3v) is 4.70. The van der Waals surface area contributed by atoms with Crippen LogP contribution in [0.2, 0.25) is 0 Å². The Labute approximate surface area is 100 Å². The first-order valence-electron chi connectivity index (χ1n) is 6.86. The lowest BCUT2D eigenvalue weighted by atomic mass is 9.65. The van der Waals surface area contributed by atoms with Crippen molar-refractivity contribution in [2.24, 2.45) is 5.92 Å². The number of benzene rings is 1. The number of hydrogen-bond donors (Lipinski definition) is 0. The van der Waals surface area contributed by atoms with Gasteiger partial charge in [-0.3, -0.25) is 0 Å². The first-order chi connectivity index (χ1) is 7.80. The highest BCUT2D eigenvalue weighted by molar-refractivity contribution is 5.25. The van der Waals surface area contributed by atoms with Gasteiger partial charge >= 0.3 is 0 Å². The molecule has 16 heavy (non-hydrogen) atoms. The standard InChI is InChI=1S/C16H24/c1-3-14-10-12-16(4-2,13-11-14)15-8-6-5-7-9-15/h5-9,14H,3-4,10-13H2,1-2H3. The maximum atomic E-state index is 2.36. The Bertz CT molecular complexity index is 304. The van der Waals surface area contributed by atoms with Gasteiger partial charge in [0.1, 0.15) is 0 Å². The van der Waals surface area contributed by atoms with Gasteiger partial charge in [0.05, 0.1) is 0 Å². The average Bonchev–Trinajstić information content (AvgIpc) is 2.40. The first-order valence-corrected chi connectivity index (χ1v) is 6.86. The molecule has 0 radical (unpaired) electrons. The second-order valence-electron chi connectivity index (χ2n) is 5.35. The fourth-order valence-corrected chi connectivity index (χ4v) is 3.28. The molecule has 0 amide bonds. The summed E-state index contributed by atoms with van der Waals surface area (Å²) in [4.78, 5) is 0. The Morgan fingerprint density at radius 1 is 1.06 bits per heavy atom. The predicted molar refractivity (Wildman–Crippen MR) is 70.7 cm³/mol. The quantitative estimate of drug-likeness (QED) is 0.671. The molecule has 1 aliphatic rings. The summed E-state index contributed by atoms with van der Waals surface area (Å²) in [5.74, 6) is 0.989. The van der Waals surface area contributed by atoms with Crippen molar-refractivity contribution < 1.29 is 0 Å². The lowest BCUT2D eigenvalue weighted by Gasteiger charge is -2.40. The lowest BCUT2D eigenvalue weighted by Crippen LogP contribution is -2.31. The molecule has 0 spiro atoms. The van der Waals surface area contributed by atoms with Crippen LogP contribution in [0.5, 0.6) is 0 Å². The third-order valence-electron chi connectivity index (χ3n) is 4.70. The summed E-state index contributed by atoms with van der Waals surface area (Å²) in [5, 5.41) is 0. The summed E-state index contributed by atoms with van der Waals surface area (Å²) in [6.07, 6.45) is 8.32. The van der Waals surface area contributed by atoms with Crippen molar-refractivity contribution in [2.45, 2.75) is 57.8 Å². The molecule has 0 aromatic heterocycles. The van der Waals surface area contributed by atoms with Gasteiger partial charge < -0.3 is 0 Å². The Kier molecular flexibility index (Phi) is 3.68. The third kappa shape index (κ3) is 2.16. The molecule has 0 nitrogen and oxygen atoms in total. The average molecular weight is 216 g/mol. The second-order valence-corrected chi connectivity index (χ2v) is 5.35. The van der Waals surface area contributed by atoms with Gasteiger partial charge in [0, 0.05) is 0 Å². The smallest absolute Gasteiger partial charge is 0.00494 e. The van der Waals surface area contributed by atoms with E-state index in [9.17, 15) is 0 Å². The summed E-state index contributed by atoms with van der Waals surface area (Å²) in [7, 11) is 0. The second kappa shape index (κ2) is 5.03. The SMILES string of the molecule is CCC1CCC(CC)(c2ccccc2)CC1. The molecule has 1 saturated carbocycles. The summed E-state index contributed by atoms with van der Waals surface area (Å²) < 4.78 is 0. The van der Waals surface area contributed by atoms with Crippen LogP contribution in [0, 0.1) is 5.92 Å². The van der Waals surface area contributed by atoms with Crippen LogP contribution < -0.4 is 0 Å². The highest BCUT2D eigenvalue weighted by Gasteiger charge is 2.34. The molecule has 1 aromatic rings. The Morgan fingerprint density at radius 2 is 1.69 bits per heavy atom. The first kappa shape index (κ1) is 11.7. The molecule has 0 N–H and O–H groups in total. The fourth-order valence-electron chi connectivity index (χ4n) is 3.28. The molecule has 1 aromatic carbocycles. The summed E-state index contributed by atoms with van der Waals surface area (Å²) in [6, 6.07) is 11.2. The molecule has 0 heterocycles. The molecule has 2 rings (SSSR count). The Balaban J connectivity index is 2.16. The van der Waals surface area contributed by atoms with Crippen LogP contribution in [0.1, 0.15) is 57.9 Å². The van der Waals surface area contributed by atoms with Gasteiger partial charge in [0.25, 0.3) is 0 Å². The van der Waals surface area contributed by atoms with Gasteiger partial charge in [-0.05, 0) is 49.0 Å². The maximum absolute atomic E-state index is 2.36. The molecular weight excluding hydrogens is 192 g/mol. The Morgan fingerprint density at radius 3 is 2.19 bits per heavy atom. The zero-order valence-corrected chi connectivity index (χ0v) is 10.7. The molecule has 0 unspecified atom stereocenters. The zero-order chi connectivity index (χ0) is 11.4. The fraction of sp³-hybridized carbons (Fsp3) is 0.625. The maximum Gasteiger partial charge on any atom is -0.00494 e. The van der Waals surface area contributed by atoms with Crippen LogP contribution in [0.4, 0.5) is 0 Å². The van der Waals surface area contributed by atoms with Crippen LogP contribution in [-0.4, -0.2) is 0 Å². The van der Waals surface area contributed by atoms with E-state index in [1.54, 1.807) is 5.56 Å². The van der Waals surface area contributed by atoms with Crippen molar-refractivity contribution >= 4 is 0 Å². The van der Waals surface area contributed by atoms with E-state index < -0.39 is 0 Å². The molecule has 0 heteroatoms. The largest absolute Gasteiger partial charge is 0.0651 e. The minimum Gasteiger partial charge on any atom is -0.0651 e. The Hall–Kier alpha value is -0.780. The summed E-state index contributed by atoms with van der Waals surface area (Å²) in [6.45, 7) is 4.70. The van der Waals surface area contributed by atoms with Gasteiger partial charge in [-0.15, -0.1) is 0 Å². The van der Waals surface area contributed by atoms with E-state index in [0.29, 0.717) is 5.41 Å². The van der Waals surface area contributed by atoms with Crippen molar-refractivity contribution in [3.05, 3.63) is 35.9 Å². The molecular formula is C16H24. The van der Waals surface area contributed by atoms with Gasteiger partial charge in [-0.2, -0.15) is 0 Å². The van der Waals surface area contributed by atoms with E-state index in [2.05, 4.69) is 44.2 Å². The van der Waals surface area contributed by atoms with Crippen molar-refractivity contribution in [1.29, 1.82) is 0 Å². The monoisotopic (exact) mass is 216 g/mol. The van der Waals surface area contributed by atoms with Gasteiger partial charge in [-0.1, -0.05) is 50.6 Å². The molecule has 1 aliphatic carbocycles. The number of rotatable bonds is 3. The van der Waals surface area contributed by atoms with Crippen LogP contribution in [-0.2, 0) is 5.41 Å². The van der Waals surface area contributed by atoms with E-state index in [0.717, 1.165) is 5.92 Å². The van der Waals surface area contributed by atoms with Crippen LogP contribution in [0.25, 0.3) is 0 Å². The topological polar surface area (TPSA) is 0 Å². The van der Waals surface area contributed by atoms with Gasteiger partial charge in [-0.25, -0.2) is 0 Å². The normalized spacial score (nSPS) is 30.2. The van der Waals surface area contributed by atoms with Gasteiger partial charge in [0.2, 0.25) is 0 Å². The van der Waals surface area contributed by atoms with Gasteiger partial charge in [0.15, 0.2) is 0 Å². The molecule has 1 fully saturated rings. The van der Waals surface area contributed by atoms with Crippen molar-refractivity contribution in [3.8, 4) is 0 Å². The van der Waals surface area contributed by atoms with E-state index in [-0.39, 0.29) is 0 Å². The van der Waals surface area contributed by atoms with E-state index in [4.69, 9.17) is 0 Å². The van der Waals surface area contributed by atoms with Crippen LogP contribution >= 0.6 is 0 Å². The molecule has 0 aliphatic heterocycles. The number of hydrogen-bond acceptors (Lipinski definition) is 0. The molecule has 0 bridgehead atoms. The van der Waals surface area contributed by atoms with Crippen molar-refractivity contribution in [2.75, 3.05) is 0 Å². The van der Waals surface area contributed by atoms with E-state index in [1.165, 1.54) is 38.5 Å². The molecule has 88 valence electrons. The highest BCUT2D eigenvalue weighted by Crippen LogP contribution is 2.44. The molecule has 0 atom stereocenters. The highest BCUT2D eigenvalue weighted by atomic mass is 14.4. The minimum atomic E-state index is 0.493. The van der Waals surface area contributed by atoms with Crippen molar-refractivity contribution in [1.82, 2.24) is 0 Å². The summed E-state index contributed by atoms with van der Waals surface area (Å²) >= 11 is 0. The van der Waals surface area contributed by atoms with Crippen LogP contribution in [0.3, 0.4) is 0 Å². The van der Waals surface area contributed by atoms with E-state index in [1.807, 2.05) is 0 Å². The predicted octanol–water partition coefficient (Wildman–Crippen LogP) is 4.93. The zero-order valence-electron chi connectivity index (χ0n) is 10.7. The minimum absolute atomic E-state index is 0.493. The molecule has 0 saturated heterocycles. The van der Waals surface area contributed by atoms with Crippen LogP contribution in [0.15, 0.2) is 30.3 Å². The van der Waals surface area contributed by atoms with Crippen molar-refractivity contribution in [3.63, 3.8) is 0 Å². The van der Waals surface area contributed by atoms with E-state index >= 15 is 0 Å². The lowest BCUT2D eigenvalue weighted by molar-refractivity contribution is 0.220. The summed E-state index contributed by atoms with van der Waals surface area (Å²) in [5.41, 5.74) is 2.07.